The fraction of sp³-hybridized carbons (Fsp3) is 0.389. The smallest absolute Gasteiger partial charge is 0.0604 e. The summed E-state index contributed by atoms with van der Waals surface area (Å²) in [4.78, 5) is 6.74. The minimum atomic E-state index is 0.120. The molecule has 0 bridgehead atoms. The average molecular weight is 281 g/mol. The van der Waals surface area contributed by atoms with Crippen LogP contribution in [0.5, 0.6) is 0 Å². The molecule has 0 unspecified atom stereocenters. The molecule has 3 nitrogen and oxygen atoms in total. The summed E-state index contributed by atoms with van der Waals surface area (Å²) in [5.41, 5.74) is 5.53. The van der Waals surface area contributed by atoms with Crippen molar-refractivity contribution >= 4 is 5.69 Å². The summed E-state index contributed by atoms with van der Waals surface area (Å²) in [6.07, 6.45) is 3.87. The van der Waals surface area contributed by atoms with Crippen LogP contribution in [0.25, 0.3) is 0 Å². The molecule has 110 valence electrons. The van der Waals surface area contributed by atoms with Gasteiger partial charge >= 0.3 is 0 Å². The first-order chi connectivity index (χ1) is 10.0. The molecule has 1 aromatic heterocycles. The van der Waals surface area contributed by atoms with Gasteiger partial charge < -0.3 is 10.2 Å². The average Bonchev–Trinajstić information content (AvgIpc) is 2.88. The molecule has 0 atom stereocenters. The van der Waals surface area contributed by atoms with Crippen LogP contribution < -0.4 is 10.2 Å². The highest BCUT2D eigenvalue weighted by Gasteiger charge is 2.21. The molecule has 0 saturated carbocycles. The summed E-state index contributed by atoms with van der Waals surface area (Å²) in [5.74, 6) is 0. The summed E-state index contributed by atoms with van der Waals surface area (Å²) in [5, 5.41) is 3.57. The molecule has 0 radical (unpaired) electrons. The van der Waals surface area contributed by atoms with E-state index in [1.807, 2.05) is 12.4 Å². The van der Waals surface area contributed by atoms with Gasteiger partial charge in [0.2, 0.25) is 0 Å². The maximum Gasteiger partial charge on any atom is 0.0604 e. The lowest BCUT2D eigenvalue weighted by Gasteiger charge is -2.25. The van der Waals surface area contributed by atoms with E-state index in [0.717, 1.165) is 19.6 Å². The van der Waals surface area contributed by atoms with Crippen LogP contribution in [0.15, 0.2) is 42.7 Å². The number of pyridine rings is 1. The van der Waals surface area contributed by atoms with E-state index >= 15 is 0 Å². The van der Waals surface area contributed by atoms with Gasteiger partial charge in [0.15, 0.2) is 0 Å². The second kappa shape index (κ2) is 5.49. The zero-order chi connectivity index (χ0) is 14.9. The zero-order valence-corrected chi connectivity index (χ0v) is 13.1. The summed E-state index contributed by atoms with van der Waals surface area (Å²) in [6.45, 7) is 9.40. The second-order valence-corrected chi connectivity index (χ2v) is 6.73. The molecule has 1 aliphatic heterocycles. The van der Waals surface area contributed by atoms with Crippen LogP contribution in [-0.4, -0.2) is 10.5 Å². The number of hydrogen-bond acceptors (Lipinski definition) is 3. The minimum Gasteiger partial charge on any atom is -0.361 e. The lowest BCUT2D eigenvalue weighted by molar-refractivity contribution is 0.424. The Morgan fingerprint density at radius 1 is 1.10 bits per heavy atom. The molecule has 3 heteroatoms. The maximum atomic E-state index is 4.33. The number of anilines is 1. The van der Waals surface area contributed by atoms with Crippen molar-refractivity contribution in [3.63, 3.8) is 0 Å². The summed E-state index contributed by atoms with van der Waals surface area (Å²) in [6, 6.07) is 10.8. The molecule has 1 aromatic carbocycles. The van der Waals surface area contributed by atoms with Gasteiger partial charge in [0.25, 0.3) is 0 Å². The van der Waals surface area contributed by atoms with Gasteiger partial charge in [-0.3, -0.25) is 4.98 Å². The van der Waals surface area contributed by atoms with Gasteiger partial charge in [-0.2, -0.15) is 0 Å². The van der Waals surface area contributed by atoms with Gasteiger partial charge in [-0.1, -0.05) is 24.3 Å². The highest BCUT2D eigenvalue weighted by atomic mass is 15.2. The molecular formula is C18H23N3. The Labute approximate surface area is 127 Å². The number of aromatic nitrogens is 1. The normalized spacial score (nSPS) is 14.3. The van der Waals surface area contributed by atoms with Crippen molar-refractivity contribution in [2.45, 2.75) is 45.9 Å². The first-order valence-electron chi connectivity index (χ1n) is 7.52. The van der Waals surface area contributed by atoms with Crippen molar-refractivity contribution in [2.75, 3.05) is 4.90 Å². The number of nitrogens with one attached hydrogen (secondary N) is 1. The van der Waals surface area contributed by atoms with E-state index in [1.54, 1.807) is 0 Å². The van der Waals surface area contributed by atoms with Crippen molar-refractivity contribution in [3.8, 4) is 0 Å². The third kappa shape index (κ3) is 3.24. The third-order valence-corrected chi connectivity index (χ3v) is 3.88. The van der Waals surface area contributed by atoms with Gasteiger partial charge in [-0.15, -0.1) is 0 Å². The van der Waals surface area contributed by atoms with E-state index in [1.165, 1.54) is 22.4 Å². The molecule has 0 saturated heterocycles. The lowest BCUT2D eigenvalue weighted by Crippen LogP contribution is -2.35. The van der Waals surface area contributed by atoms with Crippen LogP contribution in [0, 0.1) is 0 Å². The molecule has 3 rings (SSSR count). The zero-order valence-electron chi connectivity index (χ0n) is 13.1. The Morgan fingerprint density at radius 3 is 2.38 bits per heavy atom. The van der Waals surface area contributed by atoms with Crippen LogP contribution in [0.4, 0.5) is 5.69 Å². The van der Waals surface area contributed by atoms with E-state index in [4.69, 9.17) is 0 Å². The van der Waals surface area contributed by atoms with Gasteiger partial charge in [0, 0.05) is 31.4 Å². The number of fused-ring (bicyclic) bond motifs is 1. The topological polar surface area (TPSA) is 28.2 Å². The molecule has 0 fully saturated rings. The Kier molecular flexibility index (Phi) is 3.68. The highest BCUT2D eigenvalue weighted by molar-refractivity contribution is 5.55. The molecule has 0 aliphatic carbocycles. The largest absolute Gasteiger partial charge is 0.361 e. The monoisotopic (exact) mass is 281 g/mol. The summed E-state index contributed by atoms with van der Waals surface area (Å²) in [7, 11) is 0. The molecule has 21 heavy (non-hydrogen) atoms. The number of hydrogen-bond donors (Lipinski definition) is 1. The number of benzene rings is 1. The van der Waals surface area contributed by atoms with Gasteiger partial charge in [0.1, 0.15) is 0 Å². The van der Waals surface area contributed by atoms with Gasteiger partial charge in [-0.05, 0) is 43.5 Å². The van der Waals surface area contributed by atoms with Gasteiger partial charge in [0.05, 0.1) is 11.9 Å². The fourth-order valence-electron chi connectivity index (χ4n) is 2.71. The van der Waals surface area contributed by atoms with E-state index in [0.29, 0.717) is 0 Å². The Bertz CT molecular complexity index is 603. The second-order valence-electron chi connectivity index (χ2n) is 6.73. The molecule has 1 N–H and O–H groups in total. The van der Waals surface area contributed by atoms with Crippen LogP contribution in [0.2, 0.25) is 0 Å². The van der Waals surface area contributed by atoms with E-state index in [9.17, 15) is 0 Å². The Hall–Kier alpha value is -1.87. The molecule has 0 amide bonds. The molecule has 2 heterocycles. The standard InChI is InChI=1S/C18H23N3/c1-18(2,3)20-10-14-8-9-19-11-17(14)21-12-15-6-4-5-7-16(15)13-21/h4-9,11,20H,10,12-13H2,1-3H3. The summed E-state index contributed by atoms with van der Waals surface area (Å²) >= 11 is 0. The molecule has 0 spiro atoms. The van der Waals surface area contributed by atoms with Crippen LogP contribution >= 0.6 is 0 Å². The van der Waals surface area contributed by atoms with E-state index in [2.05, 4.69) is 66.3 Å². The van der Waals surface area contributed by atoms with Crippen molar-refractivity contribution in [1.82, 2.24) is 10.3 Å². The van der Waals surface area contributed by atoms with Crippen molar-refractivity contribution < 1.29 is 0 Å². The molecule has 1 aliphatic rings. The highest BCUT2D eigenvalue weighted by Crippen LogP contribution is 2.30. The molecular weight excluding hydrogens is 258 g/mol. The number of rotatable bonds is 3. The first kappa shape index (κ1) is 14.1. The van der Waals surface area contributed by atoms with Crippen molar-refractivity contribution in [2.24, 2.45) is 0 Å². The first-order valence-corrected chi connectivity index (χ1v) is 7.52. The Morgan fingerprint density at radius 2 is 1.76 bits per heavy atom. The third-order valence-electron chi connectivity index (χ3n) is 3.88. The predicted octanol–water partition coefficient (Wildman–Crippen LogP) is 3.49. The van der Waals surface area contributed by atoms with Gasteiger partial charge in [-0.25, -0.2) is 0 Å². The van der Waals surface area contributed by atoms with Crippen molar-refractivity contribution in [1.29, 1.82) is 0 Å². The predicted molar refractivity (Wildman–Crippen MR) is 87.2 cm³/mol. The van der Waals surface area contributed by atoms with Crippen molar-refractivity contribution in [3.05, 3.63) is 59.4 Å². The fourth-order valence-corrected chi connectivity index (χ4v) is 2.71. The molecule has 2 aromatic rings. The maximum absolute atomic E-state index is 4.33. The SMILES string of the molecule is CC(C)(C)NCc1ccncc1N1Cc2ccccc2C1. The summed E-state index contributed by atoms with van der Waals surface area (Å²) < 4.78 is 0. The quantitative estimate of drug-likeness (QED) is 0.933. The lowest BCUT2D eigenvalue weighted by atomic mass is 10.1. The van der Waals surface area contributed by atoms with Crippen LogP contribution in [0.3, 0.4) is 0 Å². The van der Waals surface area contributed by atoms with Crippen LogP contribution in [0.1, 0.15) is 37.5 Å². The van der Waals surface area contributed by atoms with E-state index < -0.39 is 0 Å². The van der Waals surface area contributed by atoms with E-state index in [-0.39, 0.29) is 5.54 Å². The Balaban J connectivity index is 1.81. The van der Waals surface area contributed by atoms with Crippen LogP contribution in [-0.2, 0) is 19.6 Å². The minimum absolute atomic E-state index is 0.120. The number of nitrogens with zero attached hydrogens (tertiary/aromatic N) is 2.